The predicted octanol–water partition coefficient (Wildman–Crippen LogP) is 1.49. The van der Waals surface area contributed by atoms with Crippen LogP contribution in [0.15, 0.2) is 6.08 Å². The quantitative estimate of drug-likeness (QED) is 0.466. The van der Waals surface area contributed by atoms with Crippen molar-refractivity contribution in [2.75, 3.05) is 0 Å². The Morgan fingerprint density at radius 3 is 1.83 bits per heavy atom. The van der Waals surface area contributed by atoms with Gasteiger partial charge in [0.2, 0.25) is 0 Å². The molecule has 0 unspecified atom stereocenters. The zero-order chi connectivity index (χ0) is 9.70. The van der Waals surface area contributed by atoms with Crippen molar-refractivity contribution < 1.29 is 76.5 Å². The Labute approximate surface area is 123 Å². The summed E-state index contributed by atoms with van der Waals surface area (Å²) in [7, 11) is 0. The SMILES string of the molecule is C[C-]=[W].[CH-]=C[C](O)=[W].[CH2-]CC.[Y]. The van der Waals surface area contributed by atoms with Crippen molar-refractivity contribution in [3.63, 3.8) is 0 Å². The molecule has 0 spiro atoms. The van der Waals surface area contributed by atoms with Crippen LogP contribution < -0.4 is 0 Å². The summed E-state index contributed by atoms with van der Waals surface area (Å²) in [6.45, 7) is 12.2. The maximum absolute atomic E-state index is 8.13. The normalized spacial score (nSPS) is 5.33. The van der Waals surface area contributed by atoms with Crippen LogP contribution in [0.5, 0.6) is 0 Å². The summed E-state index contributed by atoms with van der Waals surface area (Å²) in [5.74, 6) is 0. The Bertz CT molecular complexity index is 105. The van der Waals surface area contributed by atoms with E-state index in [1.807, 2.05) is 13.8 Å². The molecule has 0 aromatic carbocycles. The third-order valence-corrected chi connectivity index (χ3v) is 0.631. The van der Waals surface area contributed by atoms with Gasteiger partial charge in [0.15, 0.2) is 0 Å². The van der Waals surface area contributed by atoms with Gasteiger partial charge in [-0.1, -0.05) is 6.92 Å². The van der Waals surface area contributed by atoms with Crippen LogP contribution in [-0.4, -0.2) is 13.6 Å². The molecule has 1 nitrogen and oxygen atoms in total. The van der Waals surface area contributed by atoms with E-state index in [1.54, 1.807) is 0 Å². The van der Waals surface area contributed by atoms with Crippen LogP contribution in [0, 0.1) is 13.5 Å². The molecular weight excluding hydrogens is 569 g/mol. The van der Waals surface area contributed by atoms with Gasteiger partial charge in [-0.05, 0) is 0 Å². The van der Waals surface area contributed by atoms with Crippen LogP contribution in [0.4, 0.5) is 0 Å². The van der Waals surface area contributed by atoms with Crippen LogP contribution in [0.1, 0.15) is 20.3 Å². The summed E-state index contributed by atoms with van der Waals surface area (Å²) in [6, 6.07) is 0. The molecule has 0 aromatic rings. The minimum Gasteiger partial charge on any atom is -0.344 e. The molecule has 0 saturated carbocycles. The van der Waals surface area contributed by atoms with E-state index >= 15 is 0 Å². The third kappa shape index (κ3) is 92.5. The molecular formula is C8H13OW2Y-3. The molecule has 0 bridgehead atoms. The molecule has 1 N–H and O–H groups in total. The molecule has 4 heteroatoms. The van der Waals surface area contributed by atoms with E-state index in [4.69, 9.17) is 11.7 Å². The van der Waals surface area contributed by atoms with Gasteiger partial charge >= 0.3 is 71.9 Å². The molecule has 0 aromatic heterocycles. The van der Waals surface area contributed by atoms with Crippen molar-refractivity contribution >= 4 is 8.48 Å². The largest absolute Gasteiger partial charge is 0.344 e. The molecule has 0 rings (SSSR count). The average molecular weight is 582 g/mol. The number of aliphatic hydroxyl groups excluding tert-OH is 1. The Kier molecular flexibility index (Phi) is 57.6. The zero-order valence-electron chi connectivity index (χ0n) is 7.41. The maximum Gasteiger partial charge on any atom is 0 e. The van der Waals surface area contributed by atoms with Gasteiger partial charge in [0, 0.05) is 32.7 Å². The second-order valence-electron chi connectivity index (χ2n) is 1.21. The molecule has 0 aliphatic carbocycles. The third-order valence-electron chi connectivity index (χ3n) is 0.143. The molecule has 0 atom stereocenters. The first-order valence-corrected chi connectivity index (χ1v) is 5.89. The first-order valence-electron chi connectivity index (χ1n) is 2.96. The standard InChI is InChI=1S/C3H3O.C3H7.C2H3.2W.Y/c1-2-3-4;1-3-2;1-2;;;/h1-2,4H;1,3H2,2H3;1H3;;;/q3*-1;;;. The van der Waals surface area contributed by atoms with Gasteiger partial charge in [0.05, 0.1) is 0 Å². The fourth-order valence-corrected chi connectivity index (χ4v) is 0. The van der Waals surface area contributed by atoms with Crippen LogP contribution in [0.2, 0.25) is 0 Å². The first kappa shape index (κ1) is 23.6. The summed E-state index contributed by atoms with van der Waals surface area (Å²) in [5.41, 5.74) is 0. The van der Waals surface area contributed by atoms with Crippen LogP contribution >= 0.6 is 0 Å². The van der Waals surface area contributed by atoms with Crippen LogP contribution in [0.3, 0.4) is 0 Å². The number of hydrogen-bond donors (Lipinski definition) is 1. The van der Waals surface area contributed by atoms with Gasteiger partial charge in [-0.15, -0.1) is 0 Å². The van der Waals surface area contributed by atoms with Crippen LogP contribution in [-0.2, 0) is 71.4 Å². The zero-order valence-corrected chi connectivity index (χ0v) is 16.1. The van der Waals surface area contributed by atoms with Gasteiger partial charge in [-0.25, -0.2) is 0 Å². The second kappa shape index (κ2) is 29.3. The van der Waals surface area contributed by atoms with E-state index in [0.717, 1.165) is 25.8 Å². The topological polar surface area (TPSA) is 20.2 Å². The Balaban J connectivity index is -0.0000000406. The Morgan fingerprint density at radius 2 is 1.83 bits per heavy atom. The Hall–Kier alpha value is 1.92. The predicted molar refractivity (Wildman–Crippen MR) is 42.1 cm³/mol. The minimum absolute atomic E-state index is 0. The molecule has 12 heavy (non-hydrogen) atoms. The Morgan fingerprint density at radius 1 is 1.75 bits per heavy atom. The van der Waals surface area contributed by atoms with Gasteiger partial charge in [0.1, 0.15) is 0 Å². The van der Waals surface area contributed by atoms with E-state index in [-0.39, 0.29) is 36.8 Å². The summed E-state index contributed by atoms with van der Waals surface area (Å²) >= 11 is 2.42. The fraction of sp³-hybridized carbons (Fsp3) is 0.375. The monoisotopic (exact) mass is 582 g/mol. The summed E-state index contributed by atoms with van der Waals surface area (Å²) < 4.78 is 3.07. The molecule has 0 fully saturated rings. The average Bonchev–Trinajstić information content (AvgIpc) is 1.91. The van der Waals surface area contributed by atoms with Gasteiger partial charge in [-0.3, -0.25) is 0 Å². The van der Waals surface area contributed by atoms with Gasteiger partial charge in [-0.2, -0.15) is 6.42 Å². The van der Waals surface area contributed by atoms with Crippen molar-refractivity contribution in [3.8, 4) is 0 Å². The van der Waals surface area contributed by atoms with Crippen molar-refractivity contribution in [1.82, 2.24) is 0 Å². The molecule has 0 saturated heterocycles. The number of aliphatic hydroxyl groups is 1. The molecule has 0 aliphatic rings. The smallest absolute Gasteiger partial charge is 0 e. The number of hydrogen-bond acceptors (Lipinski definition) is 1. The second-order valence-corrected chi connectivity index (χ2v) is 4.18. The summed E-state index contributed by atoms with van der Waals surface area (Å²) in [6.07, 6.45) is 2.18. The van der Waals surface area contributed by atoms with E-state index in [0.29, 0.717) is 0 Å². The number of rotatable bonds is 1. The summed E-state index contributed by atoms with van der Waals surface area (Å²) in [5, 5.41) is 8.13. The van der Waals surface area contributed by atoms with Crippen molar-refractivity contribution in [2.45, 2.75) is 20.3 Å². The minimum atomic E-state index is 0. The molecule has 0 amide bonds. The molecule has 69 valence electrons. The van der Waals surface area contributed by atoms with Crippen molar-refractivity contribution in [3.05, 3.63) is 19.6 Å². The van der Waals surface area contributed by atoms with Crippen LogP contribution in [0.25, 0.3) is 0 Å². The molecule has 0 heterocycles. The van der Waals surface area contributed by atoms with E-state index in [2.05, 4.69) is 11.3 Å². The first-order chi connectivity index (χ1) is 5.10. The molecule has 0 aliphatic heterocycles. The maximum atomic E-state index is 8.13. The fourth-order valence-electron chi connectivity index (χ4n) is 0. The molecule has 1 radical (unpaired) electrons. The van der Waals surface area contributed by atoms with E-state index in [9.17, 15) is 0 Å². The summed E-state index contributed by atoms with van der Waals surface area (Å²) in [4.78, 5) is 0. The van der Waals surface area contributed by atoms with Crippen molar-refractivity contribution in [2.24, 2.45) is 0 Å². The van der Waals surface area contributed by atoms with Gasteiger partial charge in [0.25, 0.3) is 0 Å². The van der Waals surface area contributed by atoms with E-state index < -0.39 is 0 Å². The van der Waals surface area contributed by atoms with Gasteiger partial charge < -0.3 is 6.92 Å². The van der Waals surface area contributed by atoms with E-state index in [1.165, 1.54) is 25.4 Å². The van der Waals surface area contributed by atoms with Crippen molar-refractivity contribution in [1.29, 1.82) is 0 Å².